The summed E-state index contributed by atoms with van der Waals surface area (Å²) in [6, 6.07) is 25.4. The van der Waals surface area contributed by atoms with Crippen LogP contribution in [-0.4, -0.2) is 103 Å². The number of hydrogen-bond donors (Lipinski definition) is 0. The van der Waals surface area contributed by atoms with Gasteiger partial charge in [-0.2, -0.15) is 17.2 Å². The Labute approximate surface area is 321 Å². The minimum atomic E-state index is -4.14. The van der Waals surface area contributed by atoms with E-state index in [0.717, 1.165) is 22.3 Å². The van der Waals surface area contributed by atoms with Gasteiger partial charge in [-0.25, -0.2) is 33.7 Å². The van der Waals surface area contributed by atoms with Crippen LogP contribution in [-0.2, 0) is 40.1 Å². The molecule has 4 aromatic carbocycles. The Morgan fingerprint density at radius 3 is 0.630 bits per heavy atom. The summed E-state index contributed by atoms with van der Waals surface area (Å²) in [6.45, 7) is 5.94. The van der Waals surface area contributed by atoms with Crippen molar-refractivity contribution < 1.29 is 33.7 Å². The second kappa shape index (κ2) is 17.1. The first-order chi connectivity index (χ1) is 25.4. The van der Waals surface area contributed by atoms with Gasteiger partial charge in [-0.05, 0) is 89.1 Å². The van der Waals surface area contributed by atoms with Crippen LogP contribution >= 0.6 is 0 Å². The van der Waals surface area contributed by atoms with Crippen LogP contribution in [0.5, 0.6) is 0 Å². The maximum absolute atomic E-state index is 14.1. The van der Waals surface area contributed by atoms with Gasteiger partial charge in [0.05, 0.1) is 19.6 Å². The highest BCUT2D eigenvalue weighted by atomic mass is 32.2. The summed E-state index contributed by atoms with van der Waals surface area (Å²) in [5.41, 5.74) is 3.45. The van der Waals surface area contributed by atoms with Gasteiger partial charge in [-0.3, -0.25) is 0 Å². The predicted octanol–water partition coefficient (Wildman–Crippen LogP) is 4.78. The third-order valence-corrected chi connectivity index (χ3v) is 17.1. The average molecular weight is 817 g/mol. The van der Waals surface area contributed by atoms with Gasteiger partial charge in [-0.1, -0.05) is 70.8 Å². The Bertz CT molecular complexity index is 2000. The molecule has 1 heterocycles. The predicted molar refractivity (Wildman–Crippen MR) is 209 cm³/mol. The second-order valence-corrected chi connectivity index (χ2v) is 21.3. The molecule has 292 valence electrons. The van der Waals surface area contributed by atoms with Crippen molar-refractivity contribution in [3.63, 3.8) is 0 Å². The largest absolute Gasteiger partial charge is 0.243 e. The number of nitrogens with zero attached hydrogens (tertiary/aromatic N) is 4. The SMILES string of the molecule is Cc1ccc(S(=O)(=O)N2CCCN(S(=O)(=O)c3ccc(C)cc3)CCN(S(=O)(=O)c3ccc(C)cc3)CCCN(S(=O)(=O)c3ccc(C)cc3)CC2)cc1. The third kappa shape index (κ3) is 9.66. The van der Waals surface area contributed by atoms with Crippen molar-refractivity contribution in [1.82, 2.24) is 17.2 Å². The van der Waals surface area contributed by atoms with Crippen molar-refractivity contribution in [3.8, 4) is 0 Å². The van der Waals surface area contributed by atoms with Gasteiger partial charge >= 0.3 is 0 Å². The van der Waals surface area contributed by atoms with Crippen LogP contribution in [0.3, 0.4) is 0 Å². The van der Waals surface area contributed by atoms with Crippen molar-refractivity contribution in [3.05, 3.63) is 119 Å². The zero-order valence-electron chi connectivity index (χ0n) is 31.0. The van der Waals surface area contributed by atoms with Crippen molar-refractivity contribution in [2.45, 2.75) is 60.1 Å². The molecule has 12 nitrogen and oxygen atoms in total. The van der Waals surface area contributed by atoms with Gasteiger partial charge in [0.25, 0.3) is 0 Å². The van der Waals surface area contributed by atoms with Gasteiger partial charge in [0, 0.05) is 52.4 Å². The van der Waals surface area contributed by atoms with E-state index in [1.807, 2.05) is 27.7 Å². The molecular formula is C38H48N4O8S4. The van der Waals surface area contributed by atoms with Crippen LogP contribution in [0.2, 0.25) is 0 Å². The maximum Gasteiger partial charge on any atom is 0.243 e. The fraction of sp³-hybridized carbons (Fsp3) is 0.368. The molecule has 0 N–H and O–H groups in total. The molecule has 54 heavy (non-hydrogen) atoms. The molecule has 0 atom stereocenters. The topological polar surface area (TPSA) is 150 Å². The van der Waals surface area contributed by atoms with Gasteiger partial charge in [-0.15, -0.1) is 0 Å². The second-order valence-electron chi connectivity index (χ2n) is 13.6. The number of aryl methyl sites for hydroxylation is 4. The lowest BCUT2D eigenvalue weighted by molar-refractivity contribution is 0.292. The van der Waals surface area contributed by atoms with Gasteiger partial charge in [0.1, 0.15) is 0 Å². The first-order valence-electron chi connectivity index (χ1n) is 17.7. The molecule has 1 aliphatic rings. The summed E-state index contributed by atoms with van der Waals surface area (Å²) < 4.78 is 118. The lowest BCUT2D eigenvalue weighted by Crippen LogP contribution is -2.46. The van der Waals surface area contributed by atoms with E-state index in [1.54, 1.807) is 48.5 Å². The highest BCUT2D eigenvalue weighted by Crippen LogP contribution is 2.24. The van der Waals surface area contributed by atoms with Crippen molar-refractivity contribution in [2.75, 3.05) is 52.4 Å². The highest BCUT2D eigenvalue weighted by Gasteiger charge is 2.33. The Kier molecular flexibility index (Phi) is 13.2. The number of sulfonamides is 4. The molecular weight excluding hydrogens is 769 g/mol. The molecule has 0 aliphatic carbocycles. The third-order valence-electron chi connectivity index (χ3n) is 9.46. The van der Waals surface area contributed by atoms with Crippen LogP contribution in [0.25, 0.3) is 0 Å². The molecule has 0 aromatic heterocycles. The molecule has 0 unspecified atom stereocenters. The molecule has 1 aliphatic heterocycles. The molecule has 0 bridgehead atoms. The van der Waals surface area contributed by atoms with E-state index in [0.29, 0.717) is 0 Å². The number of benzene rings is 4. The van der Waals surface area contributed by atoms with Crippen molar-refractivity contribution in [2.24, 2.45) is 0 Å². The lowest BCUT2D eigenvalue weighted by Gasteiger charge is -2.31. The van der Waals surface area contributed by atoms with Gasteiger partial charge in [0.2, 0.25) is 40.1 Å². The molecule has 0 amide bonds. The summed E-state index contributed by atoms with van der Waals surface area (Å²) in [4.78, 5) is 0.123. The van der Waals surface area contributed by atoms with Crippen molar-refractivity contribution >= 4 is 40.1 Å². The Morgan fingerprint density at radius 1 is 0.296 bits per heavy atom. The van der Waals surface area contributed by atoms with Crippen LogP contribution in [0, 0.1) is 27.7 Å². The summed E-state index contributed by atoms with van der Waals surface area (Å²) in [5.74, 6) is 0. The quantitative estimate of drug-likeness (QED) is 0.247. The zero-order chi connectivity index (χ0) is 39.3. The van der Waals surface area contributed by atoms with E-state index >= 15 is 0 Å². The van der Waals surface area contributed by atoms with Crippen LogP contribution in [0.1, 0.15) is 35.1 Å². The standard InChI is InChI=1S/C38H48N4O8S4/c1-31-7-15-35(16-8-31)51(43,44)39-23-5-24-41(53(47,48)37-19-11-33(3)12-20-37)29-30-42(54(49,50)38-21-13-34(4)14-22-38)26-6-25-40(28-27-39)52(45,46)36-17-9-32(2)10-18-36/h7-22H,5-6,23-30H2,1-4H3. The lowest BCUT2D eigenvalue weighted by atomic mass is 10.2. The van der Waals surface area contributed by atoms with Crippen LogP contribution in [0.15, 0.2) is 117 Å². The molecule has 0 saturated carbocycles. The summed E-state index contributed by atoms with van der Waals surface area (Å²) >= 11 is 0. The van der Waals surface area contributed by atoms with Gasteiger partial charge in [0.15, 0.2) is 0 Å². The fourth-order valence-corrected chi connectivity index (χ4v) is 12.0. The Hall–Kier alpha value is -3.48. The van der Waals surface area contributed by atoms with Gasteiger partial charge < -0.3 is 0 Å². The summed E-state index contributed by atoms with van der Waals surface area (Å²) in [5, 5.41) is 0. The normalized spacial score (nSPS) is 17.6. The molecule has 5 rings (SSSR count). The first kappa shape index (κ1) is 41.7. The smallest absolute Gasteiger partial charge is 0.207 e. The first-order valence-corrected chi connectivity index (χ1v) is 23.5. The molecule has 16 heteroatoms. The van der Waals surface area contributed by atoms with E-state index in [9.17, 15) is 33.7 Å². The van der Waals surface area contributed by atoms with E-state index in [2.05, 4.69) is 0 Å². The maximum atomic E-state index is 14.1. The minimum Gasteiger partial charge on any atom is -0.207 e. The van der Waals surface area contributed by atoms with E-state index < -0.39 is 40.1 Å². The fourth-order valence-electron chi connectivity index (χ4n) is 6.14. The van der Waals surface area contributed by atoms with Crippen LogP contribution < -0.4 is 0 Å². The number of rotatable bonds is 8. The van der Waals surface area contributed by atoms with Crippen LogP contribution in [0.4, 0.5) is 0 Å². The summed E-state index contributed by atoms with van der Waals surface area (Å²) in [7, 11) is -16.6. The summed E-state index contributed by atoms with van der Waals surface area (Å²) in [6.07, 6.45) is 0.0945. The van der Waals surface area contributed by atoms with Crippen molar-refractivity contribution in [1.29, 1.82) is 0 Å². The minimum absolute atomic E-state index is 0.0308. The zero-order valence-corrected chi connectivity index (χ0v) is 34.3. The molecule has 1 saturated heterocycles. The number of hydrogen-bond acceptors (Lipinski definition) is 8. The van der Waals surface area contributed by atoms with E-state index in [1.165, 1.54) is 65.8 Å². The highest BCUT2D eigenvalue weighted by molar-refractivity contribution is 7.90. The molecule has 0 spiro atoms. The van der Waals surface area contributed by atoms with E-state index in [-0.39, 0.29) is 84.8 Å². The molecule has 0 radical (unpaired) electrons. The molecule has 4 aromatic rings. The monoisotopic (exact) mass is 816 g/mol. The Balaban J connectivity index is 1.55. The Morgan fingerprint density at radius 2 is 0.463 bits per heavy atom. The van der Waals surface area contributed by atoms with E-state index in [4.69, 9.17) is 0 Å². The molecule has 1 fully saturated rings. The average Bonchev–Trinajstić information content (AvgIpc) is 3.12.